The standard InChI is InChI=1S/C22H26N4O5/c1-4-25-20-19(21(27)26(5-2)22(25)28)23-18(24-20)9-7-14-6-8-16(29-3)17(12-14)31-15-10-11-30-13-15/h6-9,12,15H,4-5,10-11,13H2,1-3H3,(H,23,24)/b9-7+/t15-/m0/s1. The second-order valence-corrected chi connectivity index (χ2v) is 7.24. The molecule has 1 aromatic carbocycles. The molecule has 0 aliphatic carbocycles. The molecule has 0 spiro atoms. The lowest BCUT2D eigenvalue weighted by Gasteiger charge is -2.15. The molecule has 31 heavy (non-hydrogen) atoms. The van der Waals surface area contributed by atoms with Crippen LogP contribution in [0, 0.1) is 0 Å². The molecular formula is C22H26N4O5. The monoisotopic (exact) mass is 426 g/mol. The highest BCUT2D eigenvalue weighted by atomic mass is 16.6. The Balaban J connectivity index is 1.67. The molecule has 0 unspecified atom stereocenters. The van der Waals surface area contributed by atoms with Gasteiger partial charge in [-0.05, 0) is 37.6 Å². The molecule has 9 nitrogen and oxygen atoms in total. The first-order chi connectivity index (χ1) is 15.0. The van der Waals surface area contributed by atoms with Crippen LogP contribution in [0.1, 0.15) is 31.7 Å². The summed E-state index contributed by atoms with van der Waals surface area (Å²) in [4.78, 5) is 32.7. The van der Waals surface area contributed by atoms with E-state index in [0.29, 0.717) is 54.8 Å². The third kappa shape index (κ3) is 4.00. The van der Waals surface area contributed by atoms with Gasteiger partial charge in [-0.25, -0.2) is 9.78 Å². The quantitative estimate of drug-likeness (QED) is 0.622. The van der Waals surface area contributed by atoms with Gasteiger partial charge in [-0.15, -0.1) is 0 Å². The number of methoxy groups -OCH3 is 1. The van der Waals surface area contributed by atoms with Crippen LogP contribution in [-0.4, -0.2) is 45.5 Å². The average molecular weight is 426 g/mol. The van der Waals surface area contributed by atoms with Crippen molar-refractivity contribution in [2.45, 2.75) is 39.5 Å². The second-order valence-electron chi connectivity index (χ2n) is 7.24. The van der Waals surface area contributed by atoms with Gasteiger partial charge in [0, 0.05) is 19.5 Å². The molecule has 0 radical (unpaired) electrons. The first-order valence-electron chi connectivity index (χ1n) is 10.4. The maximum Gasteiger partial charge on any atom is 0.332 e. The number of imidazole rings is 1. The fourth-order valence-corrected chi connectivity index (χ4v) is 3.68. The molecule has 0 amide bonds. The number of rotatable bonds is 7. The molecule has 9 heteroatoms. The van der Waals surface area contributed by atoms with Crippen molar-refractivity contribution in [3.8, 4) is 11.5 Å². The minimum Gasteiger partial charge on any atom is -0.493 e. The van der Waals surface area contributed by atoms with Crippen LogP contribution in [0.25, 0.3) is 23.3 Å². The Morgan fingerprint density at radius 1 is 1.19 bits per heavy atom. The van der Waals surface area contributed by atoms with Crippen molar-refractivity contribution in [3.05, 3.63) is 50.4 Å². The Kier molecular flexibility index (Phi) is 5.94. The lowest BCUT2D eigenvalue weighted by molar-refractivity contribution is 0.138. The normalized spacial score (nSPS) is 16.4. The van der Waals surface area contributed by atoms with Crippen molar-refractivity contribution in [2.24, 2.45) is 0 Å². The third-order valence-corrected chi connectivity index (χ3v) is 5.31. The zero-order valence-corrected chi connectivity index (χ0v) is 17.9. The number of nitrogens with zero attached hydrogens (tertiary/aromatic N) is 3. The summed E-state index contributed by atoms with van der Waals surface area (Å²) < 4.78 is 19.5. The number of hydrogen-bond acceptors (Lipinski definition) is 6. The Morgan fingerprint density at radius 2 is 2.00 bits per heavy atom. The molecule has 1 saturated heterocycles. The van der Waals surface area contributed by atoms with Crippen LogP contribution in [0.2, 0.25) is 0 Å². The van der Waals surface area contributed by atoms with Gasteiger partial charge in [0.25, 0.3) is 5.56 Å². The van der Waals surface area contributed by atoms with Crippen LogP contribution in [0.4, 0.5) is 0 Å². The fraction of sp³-hybridized carbons (Fsp3) is 0.409. The number of aromatic amines is 1. The first kappa shape index (κ1) is 20.9. The van der Waals surface area contributed by atoms with Crippen LogP contribution in [0.5, 0.6) is 11.5 Å². The highest BCUT2D eigenvalue weighted by molar-refractivity contribution is 5.76. The molecule has 2 aromatic heterocycles. The zero-order chi connectivity index (χ0) is 22.0. The van der Waals surface area contributed by atoms with Gasteiger partial charge in [-0.2, -0.15) is 0 Å². The summed E-state index contributed by atoms with van der Waals surface area (Å²) in [5.41, 5.74) is 0.856. The van der Waals surface area contributed by atoms with Gasteiger partial charge in [0.1, 0.15) is 17.4 Å². The van der Waals surface area contributed by atoms with Crippen molar-refractivity contribution < 1.29 is 14.2 Å². The first-order valence-corrected chi connectivity index (χ1v) is 10.4. The van der Waals surface area contributed by atoms with E-state index >= 15 is 0 Å². The highest BCUT2D eigenvalue weighted by Crippen LogP contribution is 2.30. The molecule has 1 aliphatic rings. The fourth-order valence-electron chi connectivity index (χ4n) is 3.68. The molecular weight excluding hydrogens is 400 g/mol. The Labute approximate surface area is 178 Å². The third-order valence-electron chi connectivity index (χ3n) is 5.31. The van der Waals surface area contributed by atoms with Crippen molar-refractivity contribution in [2.75, 3.05) is 20.3 Å². The lowest BCUT2D eigenvalue weighted by Crippen LogP contribution is -2.39. The van der Waals surface area contributed by atoms with E-state index in [9.17, 15) is 9.59 Å². The minimum atomic E-state index is -0.363. The highest BCUT2D eigenvalue weighted by Gasteiger charge is 2.19. The van der Waals surface area contributed by atoms with E-state index in [2.05, 4.69) is 9.97 Å². The van der Waals surface area contributed by atoms with E-state index in [0.717, 1.165) is 12.0 Å². The number of hydrogen-bond donors (Lipinski definition) is 1. The largest absolute Gasteiger partial charge is 0.493 e. The van der Waals surface area contributed by atoms with Gasteiger partial charge in [0.15, 0.2) is 17.1 Å². The van der Waals surface area contributed by atoms with Crippen molar-refractivity contribution in [3.63, 3.8) is 0 Å². The molecule has 0 bridgehead atoms. The summed E-state index contributed by atoms with van der Waals surface area (Å²) in [7, 11) is 1.60. The van der Waals surface area contributed by atoms with Crippen molar-refractivity contribution in [1.29, 1.82) is 0 Å². The van der Waals surface area contributed by atoms with Gasteiger partial charge in [0.05, 0.1) is 20.3 Å². The number of H-pyrrole nitrogens is 1. The van der Waals surface area contributed by atoms with Gasteiger partial charge in [-0.1, -0.05) is 12.1 Å². The number of fused-ring (bicyclic) bond motifs is 1. The molecule has 3 heterocycles. The molecule has 1 fully saturated rings. The molecule has 1 N–H and O–H groups in total. The summed E-state index contributed by atoms with van der Waals surface area (Å²) in [5, 5.41) is 0. The summed E-state index contributed by atoms with van der Waals surface area (Å²) >= 11 is 0. The molecule has 164 valence electrons. The number of aromatic nitrogens is 4. The average Bonchev–Trinajstić information content (AvgIpc) is 3.43. The van der Waals surface area contributed by atoms with Crippen LogP contribution in [-0.2, 0) is 17.8 Å². The van der Waals surface area contributed by atoms with Gasteiger partial charge in [0.2, 0.25) is 0 Å². The summed E-state index contributed by atoms with van der Waals surface area (Å²) in [6.07, 6.45) is 4.48. The van der Waals surface area contributed by atoms with Crippen molar-refractivity contribution >= 4 is 23.3 Å². The summed E-state index contributed by atoms with van der Waals surface area (Å²) in [6.45, 7) is 5.61. The van der Waals surface area contributed by atoms with Crippen molar-refractivity contribution in [1.82, 2.24) is 19.1 Å². The van der Waals surface area contributed by atoms with Crippen LogP contribution < -0.4 is 20.7 Å². The van der Waals surface area contributed by atoms with E-state index in [4.69, 9.17) is 14.2 Å². The maximum absolute atomic E-state index is 12.6. The van der Waals surface area contributed by atoms with E-state index in [1.54, 1.807) is 20.1 Å². The van der Waals surface area contributed by atoms with Crippen LogP contribution in [0.3, 0.4) is 0 Å². The lowest BCUT2D eigenvalue weighted by atomic mass is 10.2. The number of aryl methyl sites for hydroxylation is 1. The van der Waals surface area contributed by atoms with Gasteiger partial charge >= 0.3 is 5.69 Å². The summed E-state index contributed by atoms with van der Waals surface area (Å²) in [6, 6.07) is 5.64. The van der Waals surface area contributed by atoms with Crippen LogP contribution >= 0.6 is 0 Å². The van der Waals surface area contributed by atoms with E-state index in [-0.39, 0.29) is 17.4 Å². The molecule has 1 atom stereocenters. The smallest absolute Gasteiger partial charge is 0.332 e. The minimum absolute atomic E-state index is 0.00927. The number of nitrogens with one attached hydrogen (secondary N) is 1. The summed E-state index contributed by atoms with van der Waals surface area (Å²) in [5.74, 6) is 1.79. The van der Waals surface area contributed by atoms with Gasteiger partial charge in [-0.3, -0.25) is 13.9 Å². The van der Waals surface area contributed by atoms with Crippen LogP contribution in [0.15, 0.2) is 27.8 Å². The van der Waals surface area contributed by atoms with Gasteiger partial charge < -0.3 is 19.2 Å². The Morgan fingerprint density at radius 3 is 2.68 bits per heavy atom. The Bertz CT molecular complexity index is 1230. The zero-order valence-electron chi connectivity index (χ0n) is 17.9. The molecule has 1 aliphatic heterocycles. The maximum atomic E-state index is 12.6. The molecule has 4 rings (SSSR count). The number of ether oxygens (including phenoxy) is 3. The molecule has 0 saturated carbocycles. The molecule has 3 aromatic rings. The predicted octanol–water partition coefficient (Wildman–Crippen LogP) is 2.27. The van der Waals surface area contributed by atoms with E-state index in [1.165, 1.54) is 9.13 Å². The SMILES string of the molecule is CCn1c(=O)c2[nH]c(/C=C/c3ccc(OC)c(O[C@H]4CCOC4)c3)nc2n(CC)c1=O. The Hall–Kier alpha value is -3.33. The number of benzene rings is 1. The second kappa shape index (κ2) is 8.81. The predicted molar refractivity (Wildman–Crippen MR) is 118 cm³/mol. The van der Waals surface area contributed by atoms with E-state index < -0.39 is 0 Å². The topological polar surface area (TPSA) is 100 Å². The van der Waals surface area contributed by atoms with E-state index in [1.807, 2.05) is 31.2 Å².